The van der Waals surface area contributed by atoms with Crippen LogP contribution in [0.15, 0.2) is 35.1 Å². The third kappa shape index (κ3) is 3.16. The zero-order chi connectivity index (χ0) is 20.7. The van der Waals surface area contributed by atoms with E-state index in [9.17, 15) is 19.2 Å². The van der Waals surface area contributed by atoms with Crippen molar-refractivity contribution in [1.82, 2.24) is 9.88 Å². The van der Waals surface area contributed by atoms with Crippen LogP contribution in [0.2, 0.25) is 0 Å². The summed E-state index contributed by atoms with van der Waals surface area (Å²) in [5.74, 6) is -2.36. The van der Waals surface area contributed by atoms with Crippen molar-refractivity contribution in [3.8, 4) is 0 Å². The van der Waals surface area contributed by atoms with E-state index in [1.165, 1.54) is 11.0 Å². The number of piperidine rings is 1. The summed E-state index contributed by atoms with van der Waals surface area (Å²) in [4.78, 5) is 57.9. The Morgan fingerprint density at radius 3 is 2.48 bits per heavy atom. The molecule has 1 aromatic heterocycles. The topological polar surface area (TPSA) is 90.6 Å². The molecule has 2 aliphatic heterocycles. The predicted octanol–water partition coefficient (Wildman–Crippen LogP) is 2.25. The van der Waals surface area contributed by atoms with Crippen LogP contribution in [0.5, 0.6) is 0 Å². The number of pyridine rings is 1. The monoisotopic (exact) mass is 393 g/mol. The largest absolute Gasteiger partial charge is 0.338 e. The maximum absolute atomic E-state index is 13.5. The van der Waals surface area contributed by atoms with Gasteiger partial charge < -0.3 is 14.8 Å². The number of H-pyrrole nitrogens is 1. The van der Waals surface area contributed by atoms with E-state index in [-0.39, 0.29) is 17.0 Å². The van der Waals surface area contributed by atoms with Crippen molar-refractivity contribution in [2.45, 2.75) is 32.1 Å². The molecule has 4 rings (SSSR count). The Bertz CT molecular complexity index is 1070. The zero-order valence-electron chi connectivity index (χ0n) is 16.5. The molecule has 0 spiro atoms. The number of benzene rings is 1. The number of rotatable bonds is 3. The van der Waals surface area contributed by atoms with Crippen LogP contribution in [0, 0.1) is 6.92 Å². The van der Waals surface area contributed by atoms with Crippen molar-refractivity contribution in [2.24, 2.45) is 0 Å². The minimum atomic E-state index is -1.05. The van der Waals surface area contributed by atoms with Crippen LogP contribution in [-0.4, -0.2) is 47.6 Å². The molecule has 29 heavy (non-hydrogen) atoms. The summed E-state index contributed by atoms with van der Waals surface area (Å²) in [6.45, 7) is 2.78. The number of amides is 2. The second-order valence-corrected chi connectivity index (χ2v) is 7.68. The minimum Gasteiger partial charge on any atom is -0.338 e. The first kappa shape index (κ1) is 19.1. The Kier molecular flexibility index (Phi) is 4.82. The Labute approximate surface area is 168 Å². The molecule has 1 N–H and O–H groups in total. The molecule has 1 aromatic carbocycles. The van der Waals surface area contributed by atoms with E-state index in [1.807, 2.05) is 0 Å². The van der Waals surface area contributed by atoms with Gasteiger partial charge in [0.15, 0.2) is 5.78 Å². The quantitative estimate of drug-likeness (QED) is 0.640. The van der Waals surface area contributed by atoms with Crippen LogP contribution in [-0.2, 0) is 4.79 Å². The van der Waals surface area contributed by atoms with Gasteiger partial charge in [-0.25, -0.2) is 0 Å². The minimum absolute atomic E-state index is 0.0188. The first-order chi connectivity index (χ1) is 13.9. The van der Waals surface area contributed by atoms with E-state index >= 15 is 0 Å². The SMILES string of the molecule is Cc1cc(C(=O)C2C(=O)N(C)c3ccccc32)c(C(=O)N2CCCCC2)c(=O)[nH]1. The van der Waals surface area contributed by atoms with Crippen LogP contribution in [0.3, 0.4) is 0 Å². The number of hydrogen-bond donors (Lipinski definition) is 1. The highest BCUT2D eigenvalue weighted by Gasteiger charge is 2.42. The highest BCUT2D eigenvalue weighted by Crippen LogP contribution is 2.38. The lowest BCUT2D eigenvalue weighted by atomic mass is 9.89. The van der Waals surface area contributed by atoms with Crippen molar-refractivity contribution >= 4 is 23.3 Å². The number of aryl methyl sites for hydroxylation is 1. The van der Waals surface area contributed by atoms with Crippen LogP contribution >= 0.6 is 0 Å². The number of aromatic amines is 1. The summed E-state index contributed by atoms with van der Waals surface area (Å²) >= 11 is 0. The molecule has 150 valence electrons. The lowest BCUT2D eigenvalue weighted by Crippen LogP contribution is -2.40. The number of ketones is 1. The Morgan fingerprint density at radius 2 is 1.76 bits per heavy atom. The molecule has 1 saturated heterocycles. The molecule has 1 fully saturated rings. The number of likely N-dealkylation sites (tertiary alicyclic amines) is 1. The first-order valence-electron chi connectivity index (χ1n) is 9.84. The molecule has 7 heteroatoms. The van der Waals surface area contributed by atoms with E-state index in [1.54, 1.807) is 43.1 Å². The molecular formula is C22H23N3O4. The number of nitrogens with zero attached hydrogens (tertiary/aromatic N) is 2. The van der Waals surface area contributed by atoms with Gasteiger partial charge in [-0.15, -0.1) is 0 Å². The number of nitrogens with one attached hydrogen (secondary N) is 1. The first-order valence-corrected chi connectivity index (χ1v) is 9.84. The van der Waals surface area contributed by atoms with Gasteiger partial charge in [0.2, 0.25) is 5.91 Å². The lowest BCUT2D eigenvalue weighted by Gasteiger charge is -2.27. The third-order valence-corrected chi connectivity index (χ3v) is 5.74. The number of Topliss-reactive ketones (excluding diaryl/α,β-unsaturated/α-hetero) is 1. The van der Waals surface area contributed by atoms with Crippen LogP contribution in [0.25, 0.3) is 0 Å². The van der Waals surface area contributed by atoms with E-state index in [2.05, 4.69) is 4.98 Å². The molecule has 0 saturated carbocycles. The number of fused-ring (bicyclic) bond motifs is 1. The molecule has 7 nitrogen and oxygen atoms in total. The number of likely N-dealkylation sites (N-methyl/N-ethyl adjacent to an activating group) is 1. The molecular weight excluding hydrogens is 370 g/mol. The van der Waals surface area contributed by atoms with Gasteiger partial charge in [-0.3, -0.25) is 19.2 Å². The second-order valence-electron chi connectivity index (χ2n) is 7.68. The molecule has 0 bridgehead atoms. The van der Waals surface area contributed by atoms with E-state index < -0.39 is 23.2 Å². The molecule has 0 radical (unpaired) electrons. The normalized spacial score (nSPS) is 18.7. The molecule has 3 heterocycles. The second kappa shape index (κ2) is 7.31. The highest BCUT2D eigenvalue weighted by atomic mass is 16.2. The van der Waals surface area contributed by atoms with Gasteiger partial charge in [-0.05, 0) is 43.9 Å². The molecule has 1 unspecified atom stereocenters. The van der Waals surface area contributed by atoms with Crippen molar-refractivity contribution in [1.29, 1.82) is 0 Å². The predicted molar refractivity (Wildman–Crippen MR) is 108 cm³/mol. The van der Waals surface area contributed by atoms with E-state index in [4.69, 9.17) is 0 Å². The number of aromatic nitrogens is 1. The van der Waals surface area contributed by atoms with Crippen molar-refractivity contribution in [2.75, 3.05) is 25.0 Å². The van der Waals surface area contributed by atoms with Crippen LogP contribution in [0.4, 0.5) is 5.69 Å². The maximum atomic E-state index is 13.5. The number of hydrogen-bond acceptors (Lipinski definition) is 4. The van der Waals surface area contributed by atoms with E-state index in [0.29, 0.717) is 30.0 Å². The van der Waals surface area contributed by atoms with Crippen molar-refractivity contribution in [3.05, 3.63) is 63.1 Å². The lowest BCUT2D eigenvalue weighted by molar-refractivity contribution is -0.118. The molecule has 0 aliphatic carbocycles. The van der Waals surface area contributed by atoms with Gasteiger partial charge in [-0.1, -0.05) is 18.2 Å². The maximum Gasteiger partial charge on any atom is 0.261 e. The molecule has 2 aromatic rings. The fourth-order valence-corrected chi connectivity index (χ4v) is 4.24. The third-order valence-electron chi connectivity index (χ3n) is 5.74. The van der Waals surface area contributed by atoms with Gasteiger partial charge in [0.05, 0.1) is 0 Å². The van der Waals surface area contributed by atoms with Crippen LogP contribution < -0.4 is 10.5 Å². The summed E-state index contributed by atoms with van der Waals surface area (Å²) in [5, 5.41) is 0. The summed E-state index contributed by atoms with van der Waals surface area (Å²) < 4.78 is 0. The standard InChI is InChI=1S/C22H23N3O4/c1-13-12-15(18(20(27)23-13)22(29)25-10-6-3-7-11-25)19(26)17-14-8-4-5-9-16(14)24(2)21(17)28/h4-5,8-9,12,17H,3,6-7,10-11H2,1-2H3,(H,23,27). The molecule has 2 aliphatic rings. The van der Waals surface area contributed by atoms with Gasteiger partial charge in [0.25, 0.3) is 11.5 Å². The van der Waals surface area contributed by atoms with E-state index in [0.717, 1.165) is 19.3 Å². The van der Waals surface area contributed by atoms with Gasteiger partial charge in [-0.2, -0.15) is 0 Å². The number of carbonyl (C=O) groups excluding carboxylic acids is 3. The number of para-hydroxylation sites is 1. The highest BCUT2D eigenvalue weighted by molar-refractivity contribution is 6.24. The van der Waals surface area contributed by atoms with Gasteiger partial charge >= 0.3 is 0 Å². The average Bonchev–Trinajstić information content (AvgIpc) is 2.98. The fraction of sp³-hybridized carbons (Fsp3) is 0.364. The summed E-state index contributed by atoms with van der Waals surface area (Å²) in [6.07, 6.45) is 2.79. The van der Waals surface area contributed by atoms with Crippen molar-refractivity contribution < 1.29 is 14.4 Å². The summed E-state index contributed by atoms with van der Waals surface area (Å²) in [5.41, 5.74) is 1.00. The summed E-state index contributed by atoms with van der Waals surface area (Å²) in [6, 6.07) is 8.61. The van der Waals surface area contributed by atoms with Gasteiger partial charge in [0.1, 0.15) is 11.5 Å². The molecule has 2 amide bonds. The van der Waals surface area contributed by atoms with Crippen molar-refractivity contribution in [3.63, 3.8) is 0 Å². The van der Waals surface area contributed by atoms with Gasteiger partial charge in [0, 0.05) is 37.1 Å². The zero-order valence-corrected chi connectivity index (χ0v) is 16.5. The Hall–Kier alpha value is -3.22. The Balaban J connectivity index is 1.81. The average molecular weight is 393 g/mol. The van der Waals surface area contributed by atoms with Crippen LogP contribution in [0.1, 0.15) is 57.2 Å². The Morgan fingerprint density at radius 1 is 1.07 bits per heavy atom. The number of carbonyl (C=O) groups is 3. The molecule has 1 atom stereocenters. The number of anilines is 1. The summed E-state index contributed by atoms with van der Waals surface area (Å²) in [7, 11) is 1.62. The smallest absolute Gasteiger partial charge is 0.261 e. The fourth-order valence-electron chi connectivity index (χ4n) is 4.24.